The van der Waals surface area contributed by atoms with Crippen molar-refractivity contribution in [1.29, 1.82) is 0 Å². The van der Waals surface area contributed by atoms with E-state index in [0.717, 1.165) is 35.5 Å². The summed E-state index contributed by atoms with van der Waals surface area (Å²) in [5.74, 6) is 2.28. The largest absolute Gasteiger partial charge is 0.474 e. The van der Waals surface area contributed by atoms with Crippen LogP contribution in [-0.4, -0.2) is 37.9 Å². The number of hydrogen-bond acceptors (Lipinski definition) is 5. The van der Waals surface area contributed by atoms with Crippen LogP contribution in [-0.2, 0) is 19.5 Å². The molecule has 0 fully saturated rings. The molecule has 3 heterocycles. The summed E-state index contributed by atoms with van der Waals surface area (Å²) in [6, 6.07) is 3.39. The maximum absolute atomic E-state index is 12.2. The molecule has 0 unspecified atom stereocenters. The van der Waals surface area contributed by atoms with Crippen molar-refractivity contribution in [3.05, 3.63) is 34.5 Å². The highest BCUT2D eigenvalue weighted by Gasteiger charge is 2.23. The number of halogens is 1. The molecule has 1 aliphatic rings. The summed E-state index contributed by atoms with van der Waals surface area (Å²) < 4.78 is 8.52. The van der Waals surface area contributed by atoms with Crippen molar-refractivity contribution in [2.24, 2.45) is 0 Å². The lowest BCUT2D eigenvalue weighted by atomic mass is 10.1. The van der Waals surface area contributed by atoms with Crippen molar-refractivity contribution in [2.75, 3.05) is 6.61 Å². The molecule has 0 spiro atoms. The Kier molecular flexibility index (Phi) is 5.22. The summed E-state index contributed by atoms with van der Waals surface area (Å²) in [6.45, 7) is 5.33. The van der Waals surface area contributed by atoms with Gasteiger partial charge in [0.05, 0.1) is 16.6 Å². The maximum Gasteiger partial charge on any atom is 0.315 e. The molecule has 25 heavy (non-hydrogen) atoms. The van der Waals surface area contributed by atoms with E-state index in [4.69, 9.17) is 4.74 Å². The fourth-order valence-corrected chi connectivity index (χ4v) is 2.98. The predicted molar refractivity (Wildman–Crippen MR) is 95.2 cm³/mol. The van der Waals surface area contributed by atoms with Crippen LogP contribution in [0.15, 0.2) is 22.8 Å². The lowest BCUT2D eigenvalue weighted by Gasteiger charge is -2.26. The Hall–Kier alpha value is -2.16. The average Bonchev–Trinajstić information content (AvgIpc) is 3.15. The Morgan fingerprint density at radius 3 is 3.08 bits per heavy atom. The van der Waals surface area contributed by atoms with Gasteiger partial charge in [0, 0.05) is 19.2 Å². The summed E-state index contributed by atoms with van der Waals surface area (Å²) in [6.07, 6.45) is 3.69. The zero-order chi connectivity index (χ0) is 17.9. The lowest BCUT2D eigenvalue weighted by Crippen LogP contribution is -2.51. The standard InChI is InChI=1S/C16H21BrN6O2/c1-16(2,10-25-14-11(17)5-3-7-18-14)20-15(24)19-9-13-22-21-12-6-4-8-23(12)13/h3,5,7H,4,6,8-10H2,1-2H3,(H2,19,20,24). The SMILES string of the molecule is CC(C)(COc1ncccc1Br)NC(=O)NCc1nnc2n1CCC2. The molecule has 0 aliphatic carbocycles. The van der Waals surface area contributed by atoms with Crippen LogP contribution in [0, 0.1) is 0 Å². The van der Waals surface area contributed by atoms with Gasteiger partial charge in [0.2, 0.25) is 5.88 Å². The quantitative estimate of drug-likeness (QED) is 0.762. The normalized spacial score (nSPS) is 13.4. The van der Waals surface area contributed by atoms with Crippen LogP contribution in [0.4, 0.5) is 4.79 Å². The van der Waals surface area contributed by atoms with E-state index >= 15 is 0 Å². The van der Waals surface area contributed by atoms with Gasteiger partial charge in [-0.2, -0.15) is 0 Å². The molecule has 0 aromatic carbocycles. The second-order valence-corrected chi connectivity index (χ2v) is 7.41. The van der Waals surface area contributed by atoms with Crippen molar-refractivity contribution in [3.8, 4) is 5.88 Å². The van der Waals surface area contributed by atoms with E-state index in [-0.39, 0.29) is 12.6 Å². The smallest absolute Gasteiger partial charge is 0.315 e. The Morgan fingerprint density at radius 1 is 1.44 bits per heavy atom. The summed E-state index contributed by atoms with van der Waals surface area (Å²) >= 11 is 3.38. The van der Waals surface area contributed by atoms with Crippen molar-refractivity contribution in [1.82, 2.24) is 30.4 Å². The molecule has 2 N–H and O–H groups in total. The first-order valence-electron chi connectivity index (χ1n) is 8.15. The fourth-order valence-electron chi connectivity index (χ4n) is 2.61. The number of fused-ring (bicyclic) bond motifs is 1. The van der Waals surface area contributed by atoms with Crippen LogP contribution >= 0.6 is 15.9 Å². The number of hydrogen-bond donors (Lipinski definition) is 2. The Balaban J connectivity index is 1.48. The van der Waals surface area contributed by atoms with E-state index in [9.17, 15) is 4.79 Å². The summed E-state index contributed by atoms with van der Waals surface area (Å²) in [5.41, 5.74) is -0.562. The van der Waals surface area contributed by atoms with Gasteiger partial charge in [0.25, 0.3) is 0 Å². The van der Waals surface area contributed by atoms with Gasteiger partial charge in [0.15, 0.2) is 5.82 Å². The van der Waals surface area contributed by atoms with Gasteiger partial charge in [-0.25, -0.2) is 9.78 Å². The first kappa shape index (κ1) is 17.7. The summed E-state index contributed by atoms with van der Waals surface area (Å²) in [4.78, 5) is 16.3. The van der Waals surface area contributed by atoms with Gasteiger partial charge >= 0.3 is 6.03 Å². The van der Waals surface area contributed by atoms with E-state index in [0.29, 0.717) is 12.4 Å². The Morgan fingerprint density at radius 2 is 2.28 bits per heavy atom. The minimum Gasteiger partial charge on any atom is -0.474 e. The van der Waals surface area contributed by atoms with Gasteiger partial charge in [-0.05, 0) is 48.3 Å². The highest BCUT2D eigenvalue weighted by Crippen LogP contribution is 2.21. The van der Waals surface area contributed by atoms with Gasteiger partial charge in [0.1, 0.15) is 12.4 Å². The number of carbonyl (C=O) groups is 1. The monoisotopic (exact) mass is 408 g/mol. The molecule has 2 amide bonds. The first-order valence-corrected chi connectivity index (χ1v) is 8.94. The molecular formula is C16H21BrN6O2. The molecule has 8 nitrogen and oxygen atoms in total. The number of amides is 2. The second kappa shape index (κ2) is 7.38. The molecule has 9 heteroatoms. The van der Waals surface area contributed by atoms with E-state index in [1.54, 1.807) is 6.20 Å². The highest BCUT2D eigenvalue weighted by atomic mass is 79.9. The molecule has 134 valence electrons. The molecule has 0 saturated heterocycles. The van der Waals surface area contributed by atoms with Crippen molar-refractivity contribution in [2.45, 2.75) is 45.3 Å². The van der Waals surface area contributed by atoms with E-state index in [1.807, 2.05) is 26.0 Å². The molecule has 0 radical (unpaired) electrons. The number of aryl methyl sites for hydroxylation is 1. The molecule has 2 aromatic heterocycles. The molecule has 2 aromatic rings. The number of pyridine rings is 1. The summed E-state index contributed by atoms with van der Waals surface area (Å²) in [7, 11) is 0. The second-order valence-electron chi connectivity index (χ2n) is 6.56. The van der Waals surface area contributed by atoms with Crippen LogP contribution in [0.2, 0.25) is 0 Å². The molecule has 0 bridgehead atoms. The third kappa shape index (κ3) is 4.47. The van der Waals surface area contributed by atoms with Gasteiger partial charge < -0.3 is 19.9 Å². The van der Waals surface area contributed by atoms with E-state index in [2.05, 4.69) is 46.3 Å². The maximum atomic E-state index is 12.2. The first-order chi connectivity index (χ1) is 11.9. The topological polar surface area (TPSA) is 94.0 Å². The highest BCUT2D eigenvalue weighted by molar-refractivity contribution is 9.10. The third-order valence-corrected chi connectivity index (χ3v) is 4.44. The molecule has 0 atom stereocenters. The van der Waals surface area contributed by atoms with Gasteiger partial charge in [-0.3, -0.25) is 0 Å². The Bertz CT molecular complexity index is 761. The van der Waals surface area contributed by atoms with Crippen molar-refractivity contribution in [3.63, 3.8) is 0 Å². The molecule has 0 saturated carbocycles. The number of ether oxygens (including phenoxy) is 1. The van der Waals surface area contributed by atoms with Crippen LogP contribution < -0.4 is 15.4 Å². The van der Waals surface area contributed by atoms with Gasteiger partial charge in [-0.1, -0.05) is 0 Å². The zero-order valence-electron chi connectivity index (χ0n) is 14.3. The van der Waals surface area contributed by atoms with E-state index in [1.165, 1.54) is 0 Å². The zero-order valence-corrected chi connectivity index (χ0v) is 15.8. The van der Waals surface area contributed by atoms with Crippen LogP contribution in [0.25, 0.3) is 0 Å². The summed E-state index contributed by atoms with van der Waals surface area (Å²) in [5, 5.41) is 14.0. The number of aromatic nitrogens is 4. The van der Waals surface area contributed by atoms with E-state index < -0.39 is 5.54 Å². The van der Waals surface area contributed by atoms with Crippen molar-refractivity contribution < 1.29 is 9.53 Å². The molecule has 3 rings (SSSR count). The van der Waals surface area contributed by atoms with Gasteiger partial charge in [-0.15, -0.1) is 10.2 Å². The predicted octanol–water partition coefficient (Wildman–Crippen LogP) is 2.04. The Labute approximate surface area is 154 Å². The molecule has 1 aliphatic heterocycles. The van der Waals surface area contributed by atoms with Crippen molar-refractivity contribution >= 4 is 22.0 Å². The fraction of sp³-hybridized carbons (Fsp3) is 0.500. The number of urea groups is 1. The minimum atomic E-state index is -0.562. The number of nitrogens with zero attached hydrogens (tertiary/aromatic N) is 4. The number of nitrogens with one attached hydrogen (secondary N) is 2. The van der Waals surface area contributed by atoms with Crippen LogP contribution in [0.1, 0.15) is 31.9 Å². The average molecular weight is 409 g/mol. The van der Waals surface area contributed by atoms with Crippen LogP contribution in [0.5, 0.6) is 5.88 Å². The minimum absolute atomic E-state index is 0.274. The molecular weight excluding hydrogens is 388 g/mol. The lowest BCUT2D eigenvalue weighted by molar-refractivity contribution is 0.190. The van der Waals surface area contributed by atoms with Crippen LogP contribution in [0.3, 0.4) is 0 Å². The number of carbonyl (C=O) groups excluding carboxylic acids is 1. The third-order valence-electron chi connectivity index (χ3n) is 3.84. The number of rotatable bonds is 6.